The molecule has 4 N–H and O–H groups in total. The molecular formula is C21H18N6S2. The van der Waals surface area contributed by atoms with Crippen LogP contribution in [-0.2, 0) is 6.54 Å². The van der Waals surface area contributed by atoms with Gasteiger partial charge in [0, 0.05) is 23.3 Å². The van der Waals surface area contributed by atoms with Gasteiger partial charge in [-0.2, -0.15) is 0 Å². The first kappa shape index (κ1) is 19.0. The number of thiazole rings is 1. The van der Waals surface area contributed by atoms with Crippen LogP contribution in [-0.4, -0.2) is 26.6 Å². The Morgan fingerprint density at radius 2 is 1.93 bits per heavy atom. The molecule has 3 heterocycles. The van der Waals surface area contributed by atoms with Crippen LogP contribution >= 0.6 is 23.6 Å². The summed E-state index contributed by atoms with van der Waals surface area (Å²) in [5.74, 6) is 0.827. The van der Waals surface area contributed by atoms with E-state index >= 15 is 0 Å². The Balaban J connectivity index is 1.77. The largest absolute Gasteiger partial charge is 0.382 e. The highest BCUT2D eigenvalue weighted by atomic mass is 32.1. The molecule has 0 aliphatic heterocycles. The van der Waals surface area contributed by atoms with Gasteiger partial charge in [0.05, 0.1) is 23.6 Å². The average Bonchev–Trinajstić information content (AvgIpc) is 3.42. The predicted molar refractivity (Wildman–Crippen MR) is 121 cm³/mol. The third-order valence-corrected chi connectivity index (χ3v) is 5.26. The Bertz CT molecular complexity index is 1200. The van der Waals surface area contributed by atoms with Crippen molar-refractivity contribution >= 4 is 35.2 Å². The summed E-state index contributed by atoms with van der Waals surface area (Å²) in [4.78, 5) is 20.0. The molecule has 0 bridgehead atoms. The summed E-state index contributed by atoms with van der Waals surface area (Å²) in [6.45, 7) is 0.389. The quantitative estimate of drug-likeness (QED) is 0.252. The number of nitrogens with one attached hydrogen (secondary N) is 2. The van der Waals surface area contributed by atoms with E-state index in [1.165, 1.54) is 11.3 Å². The Hall–Kier alpha value is -3.36. The van der Waals surface area contributed by atoms with Crippen molar-refractivity contribution in [1.29, 1.82) is 0 Å². The van der Waals surface area contributed by atoms with Crippen LogP contribution < -0.4 is 5.73 Å². The zero-order valence-electron chi connectivity index (χ0n) is 15.4. The Morgan fingerprint density at radius 1 is 1.10 bits per heavy atom. The fraction of sp³-hybridized carbons (Fsp3) is 0.0476. The number of nitrogens with two attached hydrogens (primary N) is 1. The summed E-state index contributed by atoms with van der Waals surface area (Å²) in [5.41, 5.74) is 10.6. The summed E-state index contributed by atoms with van der Waals surface area (Å²) >= 11 is 6.56. The lowest BCUT2D eigenvalue weighted by Crippen LogP contribution is -2.17. The standard InChI is InChI=1S/C21H18N6S2/c22-19(17-13-29-21(28)26-17)27-20(25-12-15-8-4-5-10-23-15)18-16(9-11-24-18)14-6-2-1-3-7-14/h1-11,13,24H,12H2,(H,26,28)(H2,22,25,27). The van der Waals surface area contributed by atoms with Gasteiger partial charge in [-0.3, -0.25) is 9.98 Å². The van der Waals surface area contributed by atoms with Crippen LogP contribution in [0.2, 0.25) is 0 Å². The van der Waals surface area contributed by atoms with E-state index in [-0.39, 0.29) is 0 Å². The lowest BCUT2D eigenvalue weighted by atomic mass is 10.1. The normalized spacial score (nSPS) is 12.3. The Labute approximate surface area is 176 Å². The van der Waals surface area contributed by atoms with Crippen molar-refractivity contribution in [3.05, 3.63) is 93.4 Å². The zero-order chi connectivity index (χ0) is 20.1. The van der Waals surface area contributed by atoms with E-state index in [1.807, 2.05) is 66.2 Å². The molecule has 0 aliphatic rings. The van der Waals surface area contributed by atoms with Gasteiger partial charge in [0.1, 0.15) is 0 Å². The Morgan fingerprint density at radius 3 is 2.66 bits per heavy atom. The molecular weight excluding hydrogens is 400 g/mol. The topological polar surface area (TPSA) is 95.2 Å². The van der Waals surface area contributed by atoms with Crippen molar-refractivity contribution < 1.29 is 0 Å². The first-order valence-electron chi connectivity index (χ1n) is 8.90. The molecule has 4 rings (SSSR count). The predicted octanol–water partition coefficient (Wildman–Crippen LogP) is 4.55. The molecule has 0 atom stereocenters. The van der Waals surface area contributed by atoms with Crippen molar-refractivity contribution in [3.8, 4) is 11.1 Å². The highest BCUT2D eigenvalue weighted by Crippen LogP contribution is 2.24. The van der Waals surface area contributed by atoms with Gasteiger partial charge in [0.25, 0.3) is 0 Å². The summed E-state index contributed by atoms with van der Waals surface area (Å²) in [6, 6.07) is 17.8. The molecule has 0 spiro atoms. The number of aromatic nitrogens is 3. The van der Waals surface area contributed by atoms with Crippen LogP contribution in [0.1, 0.15) is 17.1 Å². The van der Waals surface area contributed by atoms with Crippen molar-refractivity contribution in [2.24, 2.45) is 15.7 Å². The number of hydrogen-bond donors (Lipinski definition) is 3. The number of pyridine rings is 1. The van der Waals surface area contributed by atoms with Gasteiger partial charge in [-0.25, -0.2) is 4.99 Å². The summed E-state index contributed by atoms with van der Waals surface area (Å²) in [7, 11) is 0. The maximum Gasteiger partial charge on any atom is 0.174 e. The molecule has 4 aromatic rings. The highest BCUT2D eigenvalue weighted by molar-refractivity contribution is 7.73. The van der Waals surface area contributed by atoms with E-state index in [4.69, 9.17) is 22.9 Å². The first-order valence-corrected chi connectivity index (χ1v) is 10.2. The summed E-state index contributed by atoms with van der Waals surface area (Å²) in [6.07, 6.45) is 3.62. The molecule has 29 heavy (non-hydrogen) atoms. The van der Waals surface area contributed by atoms with Crippen molar-refractivity contribution in [2.45, 2.75) is 6.54 Å². The maximum atomic E-state index is 6.24. The van der Waals surface area contributed by atoms with Crippen LogP contribution in [0.5, 0.6) is 0 Å². The number of rotatable bonds is 5. The minimum absolute atomic E-state index is 0.325. The minimum atomic E-state index is 0.325. The van der Waals surface area contributed by atoms with Gasteiger partial charge in [-0.15, -0.1) is 11.3 Å². The zero-order valence-corrected chi connectivity index (χ0v) is 17.0. The van der Waals surface area contributed by atoms with E-state index in [0.29, 0.717) is 27.9 Å². The lowest BCUT2D eigenvalue weighted by Gasteiger charge is -2.06. The number of nitrogens with zero attached hydrogens (tertiary/aromatic N) is 3. The number of hydrogen-bond acceptors (Lipinski definition) is 4. The van der Waals surface area contributed by atoms with E-state index in [9.17, 15) is 0 Å². The van der Waals surface area contributed by atoms with Crippen LogP contribution in [0.15, 0.2) is 82.4 Å². The minimum Gasteiger partial charge on any atom is -0.382 e. The first-order chi connectivity index (χ1) is 14.2. The molecule has 0 saturated carbocycles. The summed E-state index contributed by atoms with van der Waals surface area (Å²) in [5, 5.41) is 1.85. The average molecular weight is 419 g/mol. The van der Waals surface area contributed by atoms with Crippen LogP contribution in [0.4, 0.5) is 0 Å². The van der Waals surface area contributed by atoms with Crippen molar-refractivity contribution in [2.75, 3.05) is 0 Å². The van der Waals surface area contributed by atoms with Gasteiger partial charge in [-0.05, 0) is 36.0 Å². The second-order valence-corrected chi connectivity index (χ2v) is 7.70. The molecule has 0 fully saturated rings. The maximum absolute atomic E-state index is 6.24. The smallest absolute Gasteiger partial charge is 0.174 e. The van der Waals surface area contributed by atoms with Gasteiger partial charge in [0.15, 0.2) is 15.6 Å². The third kappa shape index (κ3) is 4.56. The lowest BCUT2D eigenvalue weighted by molar-refractivity contribution is 0.984. The molecule has 0 amide bonds. The molecule has 144 valence electrons. The monoisotopic (exact) mass is 418 g/mol. The van der Waals surface area contributed by atoms with Gasteiger partial charge < -0.3 is 15.7 Å². The van der Waals surface area contributed by atoms with E-state index < -0.39 is 0 Å². The number of aliphatic imine (C=N–C) groups is 2. The highest BCUT2D eigenvalue weighted by Gasteiger charge is 2.14. The van der Waals surface area contributed by atoms with Gasteiger partial charge >= 0.3 is 0 Å². The molecule has 3 aromatic heterocycles. The van der Waals surface area contributed by atoms with Crippen molar-refractivity contribution in [1.82, 2.24) is 15.0 Å². The number of benzene rings is 1. The fourth-order valence-electron chi connectivity index (χ4n) is 2.81. The van der Waals surface area contributed by atoms with E-state index in [2.05, 4.69) is 19.9 Å². The second kappa shape index (κ2) is 8.76. The van der Waals surface area contributed by atoms with Crippen LogP contribution in [0.3, 0.4) is 0 Å². The van der Waals surface area contributed by atoms with E-state index in [1.54, 1.807) is 6.20 Å². The Kier molecular flexibility index (Phi) is 5.73. The number of aromatic amines is 2. The van der Waals surface area contributed by atoms with Crippen LogP contribution in [0, 0.1) is 3.95 Å². The molecule has 1 aromatic carbocycles. The molecule has 0 saturated heterocycles. The molecule has 0 aliphatic carbocycles. The molecule has 6 nitrogen and oxygen atoms in total. The molecule has 8 heteroatoms. The SMILES string of the molecule is NC(=NC(=NCc1ccccn1)c1[nH]ccc1-c1ccccc1)c1csc(=S)[nH]1. The number of H-pyrrole nitrogens is 2. The molecule has 0 unspecified atom stereocenters. The van der Waals surface area contributed by atoms with Crippen molar-refractivity contribution in [3.63, 3.8) is 0 Å². The van der Waals surface area contributed by atoms with E-state index in [0.717, 1.165) is 22.5 Å². The number of amidine groups is 2. The van der Waals surface area contributed by atoms with Gasteiger partial charge in [-0.1, -0.05) is 36.4 Å². The second-order valence-electron chi connectivity index (χ2n) is 6.15. The molecule has 0 radical (unpaired) electrons. The fourth-order valence-corrected chi connectivity index (χ4v) is 3.64. The van der Waals surface area contributed by atoms with Gasteiger partial charge in [0.2, 0.25) is 0 Å². The third-order valence-electron chi connectivity index (χ3n) is 4.20. The summed E-state index contributed by atoms with van der Waals surface area (Å²) < 4.78 is 0.648. The van der Waals surface area contributed by atoms with Crippen LogP contribution in [0.25, 0.3) is 11.1 Å².